The number of nitrogens with zero attached hydrogens (tertiary/aromatic N) is 1. The van der Waals surface area contributed by atoms with Gasteiger partial charge in [-0.2, -0.15) is 0 Å². The third-order valence-electron chi connectivity index (χ3n) is 3.03. The van der Waals surface area contributed by atoms with Gasteiger partial charge in [-0.25, -0.2) is 13.6 Å². The Morgan fingerprint density at radius 3 is 2.64 bits per heavy atom. The van der Waals surface area contributed by atoms with E-state index < -0.39 is 34.8 Å². The normalized spacial score (nSPS) is 12.0. The Hall–Kier alpha value is -2.77. The highest BCUT2D eigenvalue weighted by atomic mass is 19.2. The maximum absolute atomic E-state index is 13.1. The van der Waals surface area contributed by atoms with Crippen LogP contribution in [-0.2, 0) is 11.3 Å². The zero-order valence-corrected chi connectivity index (χ0v) is 11.6. The largest absolute Gasteiger partial charge is 0.348 e. The summed E-state index contributed by atoms with van der Waals surface area (Å²) in [6.07, 6.45) is 1.20. The van der Waals surface area contributed by atoms with Crippen LogP contribution in [0, 0.1) is 11.6 Å². The topological polar surface area (TPSA) is 84.0 Å². The molecule has 0 aliphatic rings. The van der Waals surface area contributed by atoms with Crippen molar-refractivity contribution in [2.45, 2.75) is 19.5 Å². The molecule has 6 nitrogen and oxygen atoms in total. The maximum Gasteiger partial charge on any atom is 0.328 e. The van der Waals surface area contributed by atoms with Crippen molar-refractivity contribution in [1.82, 2.24) is 14.9 Å². The number of carbonyl (C=O) groups excluding carboxylic acids is 1. The van der Waals surface area contributed by atoms with E-state index in [1.807, 2.05) is 4.98 Å². The summed E-state index contributed by atoms with van der Waals surface area (Å²) in [4.78, 5) is 36.2. The molecular weight excluding hydrogens is 296 g/mol. The summed E-state index contributed by atoms with van der Waals surface area (Å²) in [5.74, 6) is -2.48. The minimum Gasteiger partial charge on any atom is -0.348 e. The van der Waals surface area contributed by atoms with E-state index in [4.69, 9.17) is 0 Å². The molecule has 0 spiro atoms. The first kappa shape index (κ1) is 15.6. The van der Waals surface area contributed by atoms with Crippen molar-refractivity contribution in [2.24, 2.45) is 0 Å². The molecule has 2 aromatic rings. The standard InChI is InChI=1S/C14H13F2N3O3/c1-8(9-2-3-10(15)11(16)6-9)17-13(21)7-19-5-4-12(20)18-14(19)22/h2-6,8H,7H2,1H3,(H,17,21)(H,18,20,22)/t8-/m0/s1. The van der Waals surface area contributed by atoms with Gasteiger partial charge in [-0.1, -0.05) is 6.07 Å². The molecule has 1 heterocycles. The van der Waals surface area contributed by atoms with Crippen molar-refractivity contribution in [3.8, 4) is 0 Å². The summed E-state index contributed by atoms with van der Waals surface area (Å²) in [7, 11) is 0. The van der Waals surface area contributed by atoms with Gasteiger partial charge in [-0.3, -0.25) is 19.1 Å². The summed E-state index contributed by atoms with van der Waals surface area (Å²) >= 11 is 0. The molecule has 0 radical (unpaired) electrons. The summed E-state index contributed by atoms with van der Waals surface area (Å²) in [6, 6.07) is 3.87. The number of halogens is 2. The lowest BCUT2D eigenvalue weighted by atomic mass is 10.1. The molecule has 0 bridgehead atoms. The van der Waals surface area contributed by atoms with Gasteiger partial charge in [0.05, 0.1) is 6.04 Å². The summed E-state index contributed by atoms with van der Waals surface area (Å²) in [6.45, 7) is 1.30. The molecule has 1 amide bonds. The lowest BCUT2D eigenvalue weighted by Gasteiger charge is -2.15. The Kier molecular flexibility index (Phi) is 4.50. The Labute approximate surface area is 123 Å². The number of H-pyrrole nitrogens is 1. The molecule has 0 fully saturated rings. The fourth-order valence-corrected chi connectivity index (χ4v) is 1.88. The minimum atomic E-state index is -1.00. The van der Waals surface area contributed by atoms with Crippen LogP contribution < -0.4 is 16.6 Å². The van der Waals surface area contributed by atoms with E-state index in [9.17, 15) is 23.2 Å². The van der Waals surface area contributed by atoms with Crippen LogP contribution in [-0.4, -0.2) is 15.5 Å². The number of amides is 1. The SMILES string of the molecule is C[C@H](NC(=O)Cn1ccc(=O)[nH]c1=O)c1ccc(F)c(F)c1. The van der Waals surface area contributed by atoms with Crippen LogP contribution in [0.2, 0.25) is 0 Å². The Morgan fingerprint density at radius 2 is 2.00 bits per heavy atom. The zero-order valence-electron chi connectivity index (χ0n) is 11.6. The van der Waals surface area contributed by atoms with Gasteiger partial charge >= 0.3 is 5.69 Å². The van der Waals surface area contributed by atoms with Crippen LogP contribution in [0.25, 0.3) is 0 Å². The molecular formula is C14H13F2N3O3. The summed E-state index contributed by atoms with van der Waals surface area (Å²) < 4.78 is 27.0. The number of aromatic nitrogens is 2. The third kappa shape index (κ3) is 3.66. The highest BCUT2D eigenvalue weighted by Crippen LogP contribution is 2.15. The molecule has 22 heavy (non-hydrogen) atoms. The van der Waals surface area contributed by atoms with E-state index in [-0.39, 0.29) is 6.54 Å². The second-order valence-electron chi connectivity index (χ2n) is 4.70. The first-order chi connectivity index (χ1) is 10.4. The molecule has 0 saturated carbocycles. The van der Waals surface area contributed by atoms with Crippen LogP contribution in [0.4, 0.5) is 8.78 Å². The highest BCUT2D eigenvalue weighted by molar-refractivity contribution is 5.76. The lowest BCUT2D eigenvalue weighted by molar-refractivity contribution is -0.122. The van der Waals surface area contributed by atoms with Crippen LogP contribution >= 0.6 is 0 Å². The van der Waals surface area contributed by atoms with E-state index >= 15 is 0 Å². The Balaban J connectivity index is 2.06. The van der Waals surface area contributed by atoms with Gasteiger partial charge in [0.15, 0.2) is 11.6 Å². The molecule has 0 saturated heterocycles. The van der Waals surface area contributed by atoms with Crippen molar-refractivity contribution in [1.29, 1.82) is 0 Å². The first-order valence-electron chi connectivity index (χ1n) is 6.41. The van der Waals surface area contributed by atoms with Crippen molar-refractivity contribution in [3.05, 3.63) is 68.5 Å². The Bertz CT molecular complexity index is 813. The molecule has 0 aliphatic carbocycles. The number of hydrogen-bond acceptors (Lipinski definition) is 3. The molecule has 1 atom stereocenters. The van der Waals surface area contributed by atoms with E-state index in [2.05, 4.69) is 5.32 Å². The molecule has 1 aromatic heterocycles. The van der Waals surface area contributed by atoms with Crippen LogP contribution in [0.15, 0.2) is 40.1 Å². The lowest BCUT2D eigenvalue weighted by Crippen LogP contribution is -2.36. The van der Waals surface area contributed by atoms with Crippen LogP contribution in [0.1, 0.15) is 18.5 Å². The van der Waals surface area contributed by atoms with Gasteiger partial charge in [-0.05, 0) is 24.6 Å². The van der Waals surface area contributed by atoms with Gasteiger partial charge < -0.3 is 5.32 Å². The molecule has 2 rings (SSSR count). The Morgan fingerprint density at radius 1 is 1.27 bits per heavy atom. The molecule has 2 N–H and O–H groups in total. The predicted molar refractivity (Wildman–Crippen MR) is 74.2 cm³/mol. The van der Waals surface area contributed by atoms with Crippen molar-refractivity contribution >= 4 is 5.91 Å². The van der Waals surface area contributed by atoms with Crippen LogP contribution in [0.5, 0.6) is 0 Å². The van der Waals surface area contributed by atoms with Gasteiger partial charge in [0.25, 0.3) is 5.56 Å². The van der Waals surface area contributed by atoms with Crippen molar-refractivity contribution in [2.75, 3.05) is 0 Å². The molecule has 1 aromatic carbocycles. The number of benzene rings is 1. The monoisotopic (exact) mass is 309 g/mol. The van der Waals surface area contributed by atoms with E-state index in [0.29, 0.717) is 5.56 Å². The van der Waals surface area contributed by atoms with E-state index in [1.54, 1.807) is 6.92 Å². The molecule has 0 aliphatic heterocycles. The van der Waals surface area contributed by atoms with Crippen LogP contribution in [0.3, 0.4) is 0 Å². The number of nitrogens with one attached hydrogen (secondary N) is 2. The number of rotatable bonds is 4. The second-order valence-corrected chi connectivity index (χ2v) is 4.70. The number of aromatic amines is 1. The predicted octanol–water partition coefficient (Wildman–Crippen LogP) is 0.692. The number of hydrogen-bond donors (Lipinski definition) is 2. The summed E-state index contributed by atoms with van der Waals surface area (Å²) in [5, 5.41) is 2.55. The van der Waals surface area contributed by atoms with Gasteiger partial charge in [-0.15, -0.1) is 0 Å². The first-order valence-corrected chi connectivity index (χ1v) is 6.41. The van der Waals surface area contributed by atoms with E-state index in [0.717, 1.165) is 22.8 Å². The van der Waals surface area contributed by atoms with Crippen molar-refractivity contribution in [3.63, 3.8) is 0 Å². The van der Waals surface area contributed by atoms with Gasteiger partial charge in [0.2, 0.25) is 5.91 Å². The minimum absolute atomic E-state index is 0.302. The van der Waals surface area contributed by atoms with E-state index in [1.165, 1.54) is 12.3 Å². The average molecular weight is 309 g/mol. The second kappa shape index (κ2) is 6.33. The zero-order chi connectivity index (χ0) is 16.3. The third-order valence-corrected chi connectivity index (χ3v) is 3.03. The highest BCUT2D eigenvalue weighted by Gasteiger charge is 2.13. The van der Waals surface area contributed by atoms with Gasteiger partial charge in [0, 0.05) is 12.3 Å². The van der Waals surface area contributed by atoms with Gasteiger partial charge in [0.1, 0.15) is 6.54 Å². The average Bonchev–Trinajstić information content (AvgIpc) is 2.45. The maximum atomic E-state index is 13.1. The quantitative estimate of drug-likeness (QED) is 0.871. The smallest absolute Gasteiger partial charge is 0.328 e. The fraction of sp³-hybridized carbons (Fsp3) is 0.214. The molecule has 116 valence electrons. The number of carbonyl (C=O) groups is 1. The molecule has 8 heteroatoms. The molecule has 0 unspecified atom stereocenters. The van der Waals surface area contributed by atoms with Crippen molar-refractivity contribution < 1.29 is 13.6 Å². The fourth-order valence-electron chi connectivity index (χ4n) is 1.88. The summed E-state index contributed by atoms with van der Waals surface area (Å²) in [5.41, 5.74) is -0.874.